The molecule has 0 bridgehead atoms. The average Bonchev–Trinajstić information content (AvgIpc) is 3.20. The number of nitrogens with zero attached hydrogens (tertiary/aromatic N) is 3. The van der Waals surface area contributed by atoms with Crippen LogP contribution in [0.4, 0.5) is 11.4 Å². The Labute approximate surface area is 180 Å². The number of rotatable bonds is 3. The highest BCUT2D eigenvalue weighted by atomic mass is 16.6. The number of phenolic OH excluding ortho intramolecular Hbond substituents is 1. The van der Waals surface area contributed by atoms with Crippen LogP contribution < -0.4 is 19.3 Å². The van der Waals surface area contributed by atoms with Crippen LogP contribution in [0, 0.1) is 5.92 Å². The minimum atomic E-state index is -0.350. The van der Waals surface area contributed by atoms with Gasteiger partial charge in [0.15, 0.2) is 11.5 Å². The second-order valence-electron chi connectivity index (χ2n) is 8.03. The van der Waals surface area contributed by atoms with E-state index < -0.39 is 0 Å². The first kappa shape index (κ1) is 19.5. The van der Waals surface area contributed by atoms with Gasteiger partial charge in [-0.2, -0.15) is 0 Å². The number of carbonyl (C=O) groups excluding carboxylic acids is 2. The largest absolute Gasteiger partial charge is 0.506 e. The van der Waals surface area contributed by atoms with Gasteiger partial charge < -0.3 is 29.3 Å². The van der Waals surface area contributed by atoms with Gasteiger partial charge in [0.1, 0.15) is 19.0 Å². The number of fused-ring (bicyclic) bond motifs is 1. The molecule has 0 radical (unpaired) electrons. The Balaban J connectivity index is 1.22. The van der Waals surface area contributed by atoms with Crippen LogP contribution in [-0.4, -0.2) is 67.8 Å². The Kier molecular flexibility index (Phi) is 5.05. The summed E-state index contributed by atoms with van der Waals surface area (Å²) in [6.45, 7) is 3.81. The van der Waals surface area contributed by atoms with Gasteiger partial charge in [0.2, 0.25) is 11.8 Å². The molecular weight excluding hydrogens is 398 g/mol. The molecule has 0 aromatic heterocycles. The monoisotopic (exact) mass is 423 g/mol. The molecule has 2 aromatic carbocycles. The normalized spacial score (nSPS) is 20.8. The number of hydrogen-bond donors (Lipinski definition) is 1. The predicted octanol–water partition coefficient (Wildman–Crippen LogP) is 1.87. The van der Waals surface area contributed by atoms with E-state index in [0.29, 0.717) is 57.4 Å². The summed E-state index contributed by atoms with van der Waals surface area (Å²) in [5.74, 6) is 1.17. The molecule has 0 spiro atoms. The highest BCUT2D eigenvalue weighted by molar-refractivity contribution is 6.00. The van der Waals surface area contributed by atoms with Crippen molar-refractivity contribution in [2.24, 2.45) is 5.92 Å². The molecule has 162 valence electrons. The molecule has 3 aliphatic rings. The number of piperazine rings is 1. The topological polar surface area (TPSA) is 82.6 Å². The Morgan fingerprint density at radius 3 is 2.48 bits per heavy atom. The highest BCUT2D eigenvalue weighted by Crippen LogP contribution is 2.36. The zero-order chi connectivity index (χ0) is 21.4. The summed E-state index contributed by atoms with van der Waals surface area (Å²) < 4.78 is 11.2. The maximum absolute atomic E-state index is 13.1. The highest BCUT2D eigenvalue weighted by Gasteiger charge is 2.38. The molecule has 8 nitrogen and oxygen atoms in total. The van der Waals surface area contributed by atoms with Crippen molar-refractivity contribution in [3.63, 3.8) is 0 Å². The summed E-state index contributed by atoms with van der Waals surface area (Å²) in [6, 6.07) is 12.7. The number of aromatic hydroxyl groups is 1. The molecule has 3 aliphatic heterocycles. The fourth-order valence-corrected chi connectivity index (χ4v) is 4.48. The van der Waals surface area contributed by atoms with E-state index >= 15 is 0 Å². The molecule has 2 aromatic rings. The number of hydrogen-bond acceptors (Lipinski definition) is 6. The first-order chi connectivity index (χ1) is 15.1. The quantitative estimate of drug-likeness (QED) is 0.812. The number of phenols is 1. The molecule has 3 heterocycles. The fourth-order valence-electron chi connectivity index (χ4n) is 4.48. The molecule has 0 aliphatic carbocycles. The molecule has 0 unspecified atom stereocenters. The smallest absolute Gasteiger partial charge is 0.228 e. The molecule has 1 N–H and O–H groups in total. The fraction of sp³-hybridized carbons (Fsp3) is 0.391. The first-order valence-electron chi connectivity index (χ1n) is 10.6. The van der Waals surface area contributed by atoms with Gasteiger partial charge in [0, 0.05) is 50.9 Å². The molecule has 0 saturated carbocycles. The molecule has 1 atom stereocenters. The number of benzene rings is 2. The maximum atomic E-state index is 13.1. The molecule has 2 fully saturated rings. The standard InChI is InChI=1S/C23H25N3O5/c27-19-4-2-1-3-18(19)24-7-9-25(10-8-24)23(29)16-13-22(28)26(15-16)17-5-6-20-21(14-17)31-12-11-30-20/h1-6,14,16,27H,7-13,15H2/t16-/m0/s1. The van der Waals surface area contributed by atoms with Crippen LogP contribution in [-0.2, 0) is 9.59 Å². The van der Waals surface area contributed by atoms with Gasteiger partial charge in [-0.05, 0) is 24.3 Å². The van der Waals surface area contributed by atoms with Crippen molar-refractivity contribution in [2.75, 3.05) is 55.7 Å². The van der Waals surface area contributed by atoms with E-state index in [1.807, 2.05) is 35.2 Å². The summed E-state index contributed by atoms with van der Waals surface area (Å²) in [5, 5.41) is 10.1. The van der Waals surface area contributed by atoms with Gasteiger partial charge in [-0.25, -0.2) is 0 Å². The van der Waals surface area contributed by atoms with E-state index in [2.05, 4.69) is 4.90 Å². The molecule has 2 amide bonds. The van der Waals surface area contributed by atoms with Gasteiger partial charge in [-0.1, -0.05) is 12.1 Å². The maximum Gasteiger partial charge on any atom is 0.228 e. The zero-order valence-electron chi connectivity index (χ0n) is 17.2. The van der Waals surface area contributed by atoms with Crippen LogP contribution in [0.2, 0.25) is 0 Å². The van der Waals surface area contributed by atoms with E-state index in [-0.39, 0.29) is 29.9 Å². The molecule has 5 rings (SSSR count). The lowest BCUT2D eigenvalue weighted by Crippen LogP contribution is -2.50. The number of para-hydroxylation sites is 2. The number of amides is 2. The van der Waals surface area contributed by atoms with Crippen molar-refractivity contribution in [3.8, 4) is 17.2 Å². The summed E-state index contributed by atoms with van der Waals surface area (Å²) in [4.78, 5) is 31.3. The number of carbonyl (C=O) groups is 2. The summed E-state index contributed by atoms with van der Waals surface area (Å²) >= 11 is 0. The van der Waals surface area contributed by atoms with Crippen molar-refractivity contribution < 1.29 is 24.2 Å². The average molecular weight is 423 g/mol. The van der Waals surface area contributed by atoms with Gasteiger partial charge in [-0.15, -0.1) is 0 Å². The molecule has 8 heteroatoms. The van der Waals surface area contributed by atoms with Crippen molar-refractivity contribution in [1.82, 2.24) is 4.90 Å². The number of ether oxygens (including phenoxy) is 2. The Bertz CT molecular complexity index is 1000. The SMILES string of the molecule is O=C([C@H]1CC(=O)N(c2ccc3c(c2)OCCO3)C1)N1CCN(c2ccccc2O)CC1. The predicted molar refractivity (Wildman–Crippen MR) is 115 cm³/mol. The molecule has 2 saturated heterocycles. The van der Waals surface area contributed by atoms with Crippen LogP contribution >= 0.6 is 0 Å². The zero-order valence-corrected chi connectivity index (χ0v) is 17.2. The Morgan fingerprint density at radius 1 is 0.968 bits per heavy atom. The van der Waals surface area contributed by atoms with E-state index in [1.54, 1.807) is 17.0 Å². The Hall–Kier alpha value is -3.42. The van der Waals surface area contributed by atoms with Crippen molar-refractivity contribution in [1.29, 1.82) is 0 Å². The van der Waals surface area contributed by atoms with E-state index in [9.17, 15) is 14.7 Å². The van der Waals surface area contributed by atoms with Crippen LogP contribution in [0.1, 0.15) is 6.42 Å². The van der Waals surface area contributed by atoms with Gasteiger partial charge >= 0.3 is 0 Å². The van der Waals surface area contributed by atoms with Gasteiger partial charge in [-0.3, -0.25) is 9.59 Å². The van der Waals surface area contributed by atoms with E-state index in [4.69, 9.17) is 9.47 Å². The van der Waals surface area contributed by atoms with Crippen LogP contribution in [0.25, 0.3) is 0 Å². The minimum Gasteiger partial charge on any atom is -0.506 e. The third kappa shape index (κ3) is 3.73. The van der Waals surface area contributed by atoms with Crippen LogP contribution in [0.5, 0.6) is 17.2 Å². The summed E-state index contributed by atoms with van der Waals surface area (Å²) in [5.41, 5.74) is 1.52. The lowest BCUT2D eigenvalue weighted by Gasteiger charge is -2.37. The van der Waals surface area contributed by atoms with Gasteiger partial charge in [0.05, 0.1) is 11.6 Å². The minimum absolute atomic E-state index is 0.0188. The Morgan fingerprint density at radius 2 is 1.71 bits per heavy atom. The molecule has 31 heavy (non-hydrogen) atoms. The van der Waals surface area contributed by atoms with Crippen molar-refractivity contribution >= 4 is 23.2 Å². The van der Waals surface area contributed by atoms with E-state index in [0.717, 1.165) is 11.4 Å². The van der Waals surface area contributed by atoms with Crippen molar-refractivity contribution in [2.45, 2.75) is 6.42 Å². The number of anilines is 2. The van der Waals surface area contributed by atoms with Crippen LogP contribution in [0.15, 0.2) is 42.5 Å². The lowest BCUT2D eigenvalue weighted by molar-refractivity contribution is -0.136. The van der Waals surface area contributed by atoms with E-state index in [1.165, 1.54) is 0 Å². The third-order valence-corrected chi connectivity index (χ3v) is 6.13. The summed E-state index contributed by atoms with van der Waals surface area (Å²) in [7, 11) is 0. The van der Waals surface area contributed by atoms with Crippen molar-refractivity contribution in [3.05, 3.63) is 42.5 Å². The first-order valence-corrected chi connectivity index (χ1v) is 10.6. The third-order valence-electron chi connectivity index (χ3n) is 6.13. The van der Waals surface area contributed by atoms with Gasteiger partial charge in [0.25, 0.3) is 0 Å². The lowest BCUT2D eigenvalue weighted by atomic mass is 10.1. The molecular formula is C23H25N3O5. The van der Waals surface area contributed by atoms with Crippen LogP contribution in [0.3, 0.4) is 0 Å². The summed E-state index contributed by atoms with van der Waals surface area (Å²) in [6.07, 6.45) is 0.215. The second kappa shape index (κ2) is 8.02. The second-order valence-corrected chi connectivity index (χ2v) is 8.03.